The highest BCUT2D eigenvalue weighted by Gasteiger charge is 2.13. The van der Waals surface area contributed by atoms with Gasteiger partial charge in [0.15, 0.2) is 11.5 Å². The van der Waals surface area contributed by atoms with Crippen molar-refractivity contribution in [2.45, 2.75) is 39.7 Å². The molecular formula is C26H30N2O4. The molecule has 3 aromatic rings. The van der Waals surface area contributed by atoms with Crippen molar-refractivity contribution in [2.75, 3.05) is 19.0 Å². The molecule has 0 aliphatic rings. The molecule has 1 unspecified atom stereocenters. The van der Waals surface area contributed by atoms with Crippen LogP contribution in [0.3, 0.4) is 0 Å². The normalized spacial score (nSPS) is 11.6. The van der Waals surface area contributed by atoms with Gasteiger partial charge in [0.05, 0.1) is 24.0 Å². The zero-order valence-corrected chi connectivity index (χ0v) is 19.1. The summed E-state index contributed by atoms with van der Waals surface area (Å²) in [6.07, 6.45) is 1.70. The predicted molar refractivity (Wildman–Crippen MR) is 126 cm³/mol. The van der Waals surface area contributed by atoms with E-state index >= 15 is 0 Å². The molecule has 1 amide bonds. The molecule has 168 valence electrons. The van der Waals surface area contributed by atoms with E-state index in [1.165, 1.54) is 0 Å². The molecule has 0 fully saturated rings. The van der Waals surface area contributed by atoms with E-state index in [4.69, 9.17) is 14.2 Å². The van der Waals surface area contributed by atoms with E-state index in [1.807, 2.05) is 56.3 Å². The van der Waals surface area contributed by atoms with Crippen molar-refractivity contribution in [3.8, 4) is 17.2 Å². The number of carbonyl (C=O) groups is 1. The Hall–Kier alpha value is -3.38. The monoisotopic (exact) mass is 434 g/mol. The summed E-state index contributed by atoms with van der Waals surface area (Å²) in [5.41, 5.74) is 2.81. The maximum absolute atomic E-state index is 12.7. The topological polar surface area (TPSA) is 69.7 Å². The van der Waals surface area contributed by atoms with Gasteiger partial charge in [0.25, 0.3) is 5.91 Å². The number of hydrogen-bond acceptors (Lipinski definition) is 5. The number of pyridine rings is 1. The number of anilines is 1. The van der Waals surface area contributed by atoms with Crippen molar-refractivity contribution in [2.24, 2.45) is 0 Å². The lowest BCUT2D eigenvalue weighted by atomic mass is 10.1. The number of hydrogen-bond donors (Lipinski definition) is 1. The Kier molecular flexibility index (Phi) is 8.22. The second kappa shape index (κ2) is 11.3. The van der Waals surface area contributed by atoms with Crippen LogP contribution in [0.1, 0.15) is 42.0 Å². The fourth-order valence-electron chi connectivity index (χ4n) is 3.14. The van der Waals surface area contributed by atoms with E-state index < -0.39 is 0 Å². The largest absolute Gasteiger partial charge is 0.490 e. The van der Waals surface area contributed by atoms with Crippen LogP contribution < -0.4 is 14.8 Å². The second-order valence-corrected chi connectivity index (χ2v) is 7.56. The van der Waals surface area contributed by atoms with Crippen LogP contribution in [-0.4, -0.2) is 30.7 Å². The summed E-state index contributed by atoms with van der Waals surface area (Å²) >= 11 is 0. The molecule has 0 bridgehead atoms. The first-order valence-electron chi connectivity index (χ1n) is 10.8. The quantitative estimate of drug-likeness (QED) is 0.437. The zero-order chi connectivity index (χ0) is 22.9. The summed E-state index contributed by atoms with van der Waals surface area (Å²) in [7, 11) is 1.68. The van der Waals surface area contributed by atoms with Crippen LogP contribution in [0, 0.1) is 6.92 Å². The Balaban J connectivity index is 1.64. The second-order valence-electron chi connectivity index (χ2n) is 7.56. The smallest absolute Gasteiger partial charge is 0.257 e. The van der Waals surface area contributed by atoms with Gasteiger partial charge >= 0.3 is 0 Å². The first-order chi connectivity index (χ1) is 15.5. The average molecular weight is 435 g/mol. The van der Waals surface area contributed by atoms with Gasteiger partial charge in [0.2, 0.25) is 0 Å². The van der Waals surface area contributed by atoms with Crippen molar-refractivity contribution in [1.29, 1.82) is 0 Å². The fourth-order valence-corrected chi connectivity index (χ4v) is 3.14. The van der Waals surface area contributed by atoms with Gasteiger partial charge in [-0.3, -0.25) is 9.78 Å². The van der Waals surface area contributed by atoms with Crippen LogP contribution in [0.5, 0.6) is 17.2 Å². The third-order valence-electron chi connectivity index (χ3n) is 4.94. The molecule has 1 N–H and O–H groups in total. The van der Waals surface area contributed by atoms with Gasteiger partial charge in [-0.15, -0.1) is 0 Å². The van der Waals surface area contributed by atoms with Crippen LogP contribution in [0.2, 0.25) is 0 Å². The number of methoxy groups -OCH3 is 1. The minimum atomic E-state index is -0.201. The van der Waals surface area contributed by atoms with Gasteiger partial charge in [-0.05, 0) is 68.8 Å². The number of amides is 1. The fraction of sp³-hybridized carbons (Fsp3) is 0.308. The Morgan fingerprint density at radius 3 is 2.41 bits per heavy atom. The number of carbonyl (C=O) groups excluding carboxylic acids is 1. The van der Waals surface area contributed by atoms with Gasteiger partial charge < -0.3 is 19.5 Å². The minimum absolute atomic E-state index is 0.0764. The molecule has 0 aliphatic heterocycles. The Bertz CT molecular complexity index is 1030. The van der Waals surface area contributed by atoms with E-state index in [2.05, 4.69) is 17.2 Å². The molecule has 3 rings (SSSR count). The molecule has 0 spiro atoms. The molecule has 32 heavy (non-hydrogen) atoms. The number of aromatic nitrogens is 1. The Morgan fingerprint density at radius 1 is 1.03 bits per heavy atom. The van der Waals surface area contributed by atoms with Crippen molar-refractivity contribution >= 4 is 11.6 Å². The summed E-state index contributed by atoms with van der Waals surface area (Å²) in [5.74, 6) is 1.82. The lowest BCUT2D eigenvalue weighted by Crippen LogP contribution is -2.16. The summed E-state index contributed by atoms with van der Waals surface area (Å²) in [6.45, 7) is 6.52. The maximum Gasteiger partial charge on any atom is 0.257 e. The lowest BCUT2D eigenvalue weighted by Gasteiger charge is -2.13. The van der Waals surface area contributed by atoms with E-state index in [9.17, 15) is 4.79 Å². The molecule has 1 heterocycles. The minimum Gasteiger partial charge on any atom is -0.490 e. The number of nitrogens with one attached hydrogen (secondary N) is 1. The molecule has 2 aromatic carbocycles. The Labute approximate surface area is 189 Å². The van der Waals surface area contributed by atoms with Crippen molar-refractivity contribution in [1.82, 2.24) is 4.98 Å². The summed E-state index contributed by atoms with van der Waals surface area (Å²) in [6, 6.07) is 18.5. The van der Waals surface area contributed by atoms with E-state index in [1.54, 1.807) is 25.3 Å². The Morgan fingerprint density at radius 2 is 1.75 bits per heavy atom. The molecule has 0 radical (unpaired) electrons. The molecule has 6 nitrogen and oxygen atoms in total. The third-order valence-corrected chi connectivity index (χ3v) is 4.94. The van der Waals surface area contributed by atoms with Crippen LogP contribution in [0.25, 0.3) is 0 Å². The molecular weight excluding hydrogens is 404 g/mol. The molecule has 0 saturated heterocycles. The number of aryl methyl sites for hydroxylation is 1. The number of benzene rings is 2. The van der Waals surface area contributed by atoms with E-state index in [-0.39, 0.29) is 12.0 Å². The molecule has 6 heteroatoms. The highest BCUT2D eigenvalue weighted by atomic mass is 16.5. The van der Waals surface area contributed by atoms with Crippen molar-refractivity contribution < 1.29 is 19.0 Å². The summed E-state index contributed by atoms with van der Waals surface area (Å²) < 4.78 is 17.0. The molecule has 0 saturated carbocycles. The van der Waals surface area contributed by atoms with Crippen LogP contribution in [0.15, 0.2) is 60.7 Å². The van der Waals surface area contributed by atoms with E-state index in [0.29, 0.717) is 47.2 Å². The molecule has 1 aromatic heterocycles. The SMILES string of the molecule is CCCOc1ccccc1Oc1ccc(NC(=O)c2ccc(CC(C)OC)nc2C)cc1. The van der Waals surface area contributed by atoms with Crippen LogP contribution in [0.4, 0.5) is 5.69 Å². The summed E-state index contributed by atoms with van der Waals surface area (Å²) in [4.78, 5) is 17.3. The predicted octanol–water partition coefficient (Wildman–Crippen LogP) is 5.80. The van der Waals surface area contributed by atoms with Gasteiger partial charge in [-0.2, -0.15) is 0 Å². The van der Waals surface area contributed by atoms with Crippen molar-refractivity contribution in [3.63, 3.8) is 0 Å². The van der Waals surface area contributed by atoms with Crippen LogP contribution in [-0.2, 0) is 11.2 Å². The number of rotatable bonds is 10. The lowest BCUT2D eigenvalue weighted by molar-refractivity contribution is 0.102. The zero-order valence-electron chi connectivity index (χ0n) is 19.1. The standard InChI is InChI=1S/C26H30N2O4/c1-5-16-31-24-8-6-7-9-25(24)32-22-13-10-20(11-14-22)28-26(29)23-15-12-21(27-19(23)3)17-18(2)30-4/h6-15,18H,5,16-17H2,1-4H3,(H,28,29). The highest BCUT2D eigenvalue weighted by molar-refractivity contribution is 6.05. The van der Waals surface area contributed by atoms with E-state index in [0.717, 1.165) is 12.1 Å². The van der Waals surface area contributed by atoms with Gasteiger partial charge in [-0.1, -0.05) is 19.1 Å². The molecule has 1 atom stereocenters. The van der Waals surface area contributed by atoms with Gasteiger partial charge in [-0.25, -0.2) is 0 Å². The van der Waals surface area contributed by atoms with Gasteiger partial charge in [0.1, 0.15) is 5.75 Å². The number of nitrogens with zero attached hydrogens (tertiary/aromatic N) is 1. The van der Waals surface area contributed by atoms with Crippen LogP contribution >= 0.6 is 0 Å². The summed E-state index contributed by atoms with van der Waals surface area (Å²) in [5, 5.41) is 2.92. The molecule has 0 aliphatic carbocycles. The maximum atomic E-state index is 12.7. The average Bonchev–Trinajstić information content (AvgIpc) is 2.79. The van der Waals surface area contributed by atoms with Crippen molar-refractivity contribution in [3.05, 3.63) is 77.6 Å². The first kappa shape index (κ1) is 23.3. The van der Waals surface area contributed by atoms with Gasteiger partial charge in [0, 0.05) is 24.9 Å². The highest BCUT2D eigenvalue weighted by Crippen LogP contribution is 2.31. The third kappa shape index (κ3) is 6.31. The number of ether oxygens (including phenoxy) is 3. The number of para-hydroxylation sites is 2. The first-order valence-corrected chi connectivity index (χ1v) is 10.8.